The minimum atomic E-state index is -3.55. The van der Waals surface area contributed by atoms with Gasteiger partial charge in [-0.05, 0) is 62.8 Å². The molecule has 2 heterocycles. The van der Waals surface area contributed by atoms with Crippen molar-refractivity contribution in [1.29, 1.82) is 0 Å². The maximum atomic E-state index is 13.1. The molecule has 1 aliphatic heterocycles. The lowest BCUT2D eigenvalue weighted by molar-refractivity contribution is 0.0695. The number of carbonyl (C=O) groups is 1. The van der Waals surface area contributed by atoms with Gasteiger partial charge >= 0.3 is 0 Å². The molecule has 2 aromatic rings. The van der Waals surface area contributed by atoms with Gasteiger partial charge in [-0.3, -0.25) is 4.79 Å². The van der Waals surface area contributed by atoms with Crippen LogP contribution in [0.15, 0.2) is 27.6 Å². The highest BCUT2D eigenvalue weighted by Crippen LogP contribution is 2.26. The molecule has 1 fully saturated rings. The highest BCUT2D eigenvalue weighted by atomic mass is 32.2. The van der Waals surface area contributed by atoms with Crippen molar-refractivity contribution in [3.05, 3.63) is 46.3 Å². The SMILES string of the molecule is Cc1noc(C)c1C(=O)N1CCN(S(=O)(=O)c2ccc3c(c2)CCCC3)CC1. The number of aromatic nitrogens is 1. The molecular formula is C20H25N3O4S. The minimum absolute atomic E-state index is 0.151. The summed E-state index contributed by atoms with van der Waals surface area (Å²) < 4.78 is 32.7. The molecule has 1 aromatic carbocycles. The third-order valence-electron chi connectivity index (χ3n) is 5.73. The number of benzene rings is 1. The zero-order valence-corrected chi connectivity index (χ0v) is 17.1. The normalized spacial score (nSPS) is 18.1. The van der Waals surface area contributed by atoms with Crippen LogP contribution in [0.2, 0.25) is 0 Å². The fourth-order valence-electron chi connectivity index (χ4n) is 4.10. The van der Waals surface area contributed by atoms with E-state index in [1.165, 1.54) is 16.3 Å². The van der Waals surface area contributed by atoms with Crippen LogP contribution in [0.5, 0.6) is 0 Å². The smallest absolute Gasteiger partial charge is 0.259 e. The Morgan fingerprint density at radius 3 is 2.36 bits per heavy atom. The number of amides is 1. The third kappa shape index (κ3) is 3.35. The van der Waals surface area contributed by atoms with Crippen LogP contribution < -0.4 is 0 Å². The van der Waals surface area contributed by atoms with E-state index in [1.54, 1.807) is 24.8 Å². The average Bonchev–Trinajstić information content (AvgIpc) is 3.05. The average molecular weight is 404 g/mol. The third-order valence-corrected chi connectivity index (χ3v) is 7.63. The maximum Gasteiger partial charge on any atom is 0.259 e. The summed E-state index contributed by atoms with van der Waals surface area (Å²) >= 11 is 0. The summed E-state index contributed by atoms with van der Waals surface area (Å²) in [6.45, 7) is 4.73. The summed E-state index contributed by atoms with van der Waals surface area (Å²) in [5, 5.41) is 3.83. The number of nitrogens with zero attached hydrogens (tertiary/aromatic N) is 3. The number of aryl methyl sites for hydroxylation is 4. The van der Waals surface area contributed by atoms with Gasteiger partial charge in [-0.1, -0.05) is 11.2 Å². The van der Waals surface area contributed by atoms with Crippen LogP contribution >= 0.6 is 0 Å². The molecule has 1 aliphatic carbocycles. The summed E-state index contributed by atoms with van der Waals surface area (Å²) in [5.74, 6) is 0.341. The summed E-state index contributed by atoms with van der Waals surface area (Å²) in [6.07, 6.45) is 4.25. The van der Waals surface area contributed by atoms with Crippen molar-refractivity contribution in [2.24, 2.45) is 0 Å². The quantitative estimate of drug-likeness (QED) is 0.785. The van der Waals surface area contributed by atoms with E-state index in [4.69, 9.17) is 4.52 Å². The molecule has 1 aromatic heterocycles. The Labute approximate surface area is 165 Å². The van der Waals surface area contributed by atoms with Gasteiger partial charge in [0.25, 0.3) is 5.91 Å². The molecule has 0 unspecified atom stereocenters. The number of hydrogen-bond acceptors (Lipinski definition) is 5. The largest absolute Gasteiger partial charge is 0.361 e. The van der Waals surface area contributed by atoms with E-state index < -0.39 is 10.0 Å². The second kappa shape index (κ2) is 7.33. The first kappa shape index (κ1) is 19.1. The van der Waals surface area contributed by atoms with Crippen LogP contribution in [0.25, 0.3) is 0 Å². The van der Waals surface area contributed by atoms with Crippen molar-refractivity contribution in [3.8, 4) is 0 Å². The van der Waals surface area contributed by atoms with E-state index in [9.17, 15) is 13.2 Å². The van der Waals surface area contributed by atoms with Gasteiger partial charge in [0.15, 0.2) is 0 Å². The fraction of sp³-hybridized carbons (Fsp3) is 0.500. The Kier molecular flexibility index (Phi) is 5.01. The predicted molar refractivity (Wildman–Crippen MR) is 104 cm³/mol. The summed E-state index contributed by atoms with van der Waals surface area (Å²) in [4.78, 5) is 14.8. The molecule has 0 atom stereocenters. The molecular weight excluding hydrogens is 378 g/mol. The lowest BCUT2D eigenvalue weighted by atomic mass is 9.92. The molecule has 2 aliphatic rings. The summed E-state index contributed by atoms with van der Waals surface area (Å²) in [7, 11) is -3.55. The number of fused-ring (bicyclic) bond motifs is 1. The van der Waals surface area contributed by atoms with Crippen LogP contribution in [0.4, 0.5) is 0 Å². The Hall–Kier alpha value is -2.19. The van der Waals surface area contributed by atoms with Gasteiger partial charge in [-0.25, -0.2) is 8.42 Å². The Balaban J connectivity index is 1.48. The predicted octanol–water partition coefficient (Wildman–Crippen LogP) is 2.32. The van der Waals surface area contributed by atoms with Crippen molar-refractivity contribution in [2.75, 3.05) is 26.2 Å². The van der Waals surface area contributed by atoms with Gasteiger partial charge in [-0.15, -0.1) is 0 Å². The fourth-order valence-corrected chi connectivity index (χ4v) is 5.57. The molecule has 28 heavy (non-hydrogen) atoms. The molecule has 150 valence electrons. The van der Waals surface area contributed by atoms with E-state index in [0.29, 0.717) is 35.0 Å². The molecule has 0 bridgehead atoms. The number of rotatable bonds is 3. The van der Waals surface area contributed by atoms with E-state index in [1.807, 2.05) is 12.1 Å². The molecule has 7 nitrogen and oxygen atoms in total. The standard InChI is InChI=1S/C20H25N3O4S/c1-14-19(15(2)27-21-14)20(24)22-9-11-23(12-10-22)28(25,26)18-8-7-16-5-3-4-6-17(16)13-18/h7-8,13H,3-6,9-12H2,1-2H3. The van der Waals surface area contributed by atoms with Gasteiger partial charge in [0.2, 0.25) is 10.0 Å². The van der Waals surface area contributed by atoms with Crippen molar-refractivity contribution in [2.45, 2.75) is 44.4 Å². The molecule has 1 amide bonds. The highest BCUT2D eigenvalue weighted by molar-refractivity contribution is 7.89. The number of piperazine rings is 1. The monoisotopic (exact) mass is 403 g/mol. The first-order chi connectivity index (χ1) is 13.4. The maximum absolute atomic E-state index is 13.1. The van der Waals surface area contributed by atoms with Gasteiger partial charge in [-0.2, -0.15) is 4.31 Å². The van der Waals surface area contributed by atoms with Crippen molar-refractivity contribution in [3.63, 3.8) is 0 Å². The van der Waals surface area contributed by atoms with Gasteiger partial charge in [0.05, 0.1) is 10.6 Å². The van der Waals surface area contributed by atoms with Crippen molar-refractivity contribution in [1.82, 2.24) is 14.4 Å². The van der Waals surface area contributed by atoms with Gasteiger partial charge in [0.1, 0.15) is 11.3 Å². The first-order valence-electron chi connectivity index (χ1n) is 9.72. The molecule has 8 heteroatoms. The Morgan fingerprint density at radius 1 is 1.04 bits per heavy atom. The topological polar surface area (TPSA) is 83.7 Å². The highest BCUT2D eigenvalue weighted by Gasteiger charge is 2.32. The minimum Gasteiger partial charge on any atom is -0.361 e. The first-order valence-corrected chi connectivity index (χ1v) is 11.2. The van der Waals surface area contributed by atoms with Crippen molar-refractivity contribution >= 4 is 15.9 Å². The van der Waals surface area contributed by atoms with E-state index in [0.717, 1.165) is 24.8 Å². The molecule has 1 saturated heterocycles. The second-order valence-electron chi connectivity index (χ2n) is 7.53. The molecule has 0 saturated carbocycles. The van der Waals surface area contributed by atoms with Crippen LogP contribution in [-0.4, -0.2) is 54.9 Å². The lowest BCUT2D eigenvalue weighted by Crippen LogP contribution is -2.50. The lowest BCUT2D eigenvalue weighted by Gasteiger charge is -2.34. The molecule has 4 rings (SSSR count). The summed E-state index contributed by atoms with van der Waals surface area (Å²) in [6, 6.07) is 5.52. The second-order valence-corrected chi connectivity index (χ2v) is 9.47. The number of sulfonamides is 1. The Morgan fingerprint density at radius 2 is 1.71 bits per heavy atom. The van der Waals surface area contributed by atoms with Gasteiger partial charge < -0.3 is 9.42 Å². The van der Waals surface area contributed by atoms with E-state index in [2.05, 4.69) is 5.16 Å². The van der Waals surface area contributed by atoms with Gasteiger partial charge in [0, 0.05) is 26.2 Å². The zero-order valence-electron chi connectivity index (χ0n) is 16.3. The number of hydrogen-bond donors (Lipinski definition) is 0. The van der Waals surface area contributed by atoms with E-state index in [-0.39, 0.29) is 19.0 Å². The molecule has 0 spiro atoms. The van der Waals surface area contributed by atoms with Crippen LogP contribution in [-0.2, 0) is 22.9 Å². The van der Waals surface area contributed by atoms with Crippen molar-refractivity contribution < 1.29 is 17.7 Å². The number of carbonyl (C=O) groups excluding carboxylic acids is 1. The van der Waals surface area contributed by atoms with Crippen LogP contribution in [0.3, 0.4) is 0 Å². The van der Waals surface area contributed by atoms with Crippen LogP contribution in [0, 0.1) is 13.8 Å². The molecule has 0 N–H and O–H groups in total. The summed E-state index contributed by atoms with van der Waals surface area (Å²) in [5.41, 5.74) is 3.46. The molecule has 0 radical (unpaired) electrons. The van der Waals surface area contributed by atoms with E-state index >= 15 is 0 Å². The van der Waals surface area contributed by atoms with Crippen LogP contribution in [0.1, 0.15) is 45.8 Å². The Bertz CT molecular complexity index is 985. The zero-order chi connectivity index (χ0) is 19.9.